The van der Waals surface area contributed by atoms with Crippen molar-refractivity contribution in [2.45, 2.75) is 39.8 Å². The van der Waals surface area contributed by atoms with Crippen LogP contribution in [0.15, 0.2) is 48.5 Å². The maximum atomic E-state index is 13.3. The Balaban J connectivity index is 1.86. The standard InChI is InChI=1S/C23H30N2O3S/c1-4-24(5-2)21-11-9-19(10-12-21)16-25(22-13-14-29(27,28)17-22)23(26)20-8-6-7-18(3)15-20/h6-12,15,22H,4-5,13-14,16-17H2,1-3H3/t22-/m0/s1. The number of hydrogen-bond donors (Lipinski definition) is 0. The number of carbonyl (C=O) groups excluding carboxylic acids is 1. The third-order valence-corrected chi connectivity index (χ3v) is 7.34. The minimum absolute atomic E-state index is 0.0437. The van der Waals surface area contributed by atoms with E-state index in [-0.39, 0.29) is 23.5 Å². The molecule has 3 rings (SSSR count). The third kappa shape index (κ3) is 5.18. The molecule has 0 unspecified atom stereocenters. The van der Waals surface area contributed by atoms with Crippen molar-refractivity contribution in [3.05, 3.63) is 65.2 Å². The fourth-order valence-electron chi connectivity index (χ4n) is 3.93. The van der Waals surface area contributed by atoms with Gasteiger partial charge >= 0.3 is 0 Å². The fourth-order valence-corrected chi connectivity index (χ4v) is 5.66. The van der Waals surface area contributed by atoms with Crippen LogP contribution in [0.5, 0.6) is 0 Å². The summed E-state index contributed by atoms with van der Waals surface area (Å²) in [7, 11) is -3.08. The summed E-state index contributed by atoms with van der Waals surface area (Å²) in [6, 6.07) is 15.4. The van der Waals surface area contributed by atoms with E-state index in [1.54, 1.807) is 11.0 Å². The molecule has 2 aromatic rings. The normalized spacial score (nSPS) is 17.8. The molecule has 1 amide bonds. The lowest BCUT2D eigenvalue weighted by atomic mass is 10.1. The summed E-state index contributed by atoms with van der Waals surface area (Å²) >= 11 is 0. The van der Waals surface area contributed by atoms with E-state index < -0.39 is 9.84 Å². The van der Waals surface area contributed by atoms with Gasteiger partial charge in [-0.15, -0.1) is 0 Å². The molecule has 0 saturated carbocycles. The maximum absolute atomic E-state index is 13.3. The van der Waals surface area contributed by atoms with E-state index >= 15 is 0 Å². The molecule has 1 aliphatic rings. The quantitative estimate of drug-likeness (QED) is 0.694. The van der Waals surface area contributed by atoms with Gasteiger partial charge in [0.2, 0.25) is 0 Å². The van der Waals surface area contributed by atoms with Crippen LogP contribution in [0.4, 0.5) is 5.69 Å². The molecule has 0 aromatic heterocycles. The molecular weight excluding hydrogens is 384 g/mol. The molecule has 1 aliphatic heterocycles. The predicted octanol–water partition coefficient (Wildman–Crippen LogP) is 3.67. The van der Waals surface area contributed by atoms with Gasteiger partial charge in [-0.05, 0) is 57.0 Å². The van der Waals surface area contributed by atoms with Gasteiger partial charge in [-0.2, -0.15) is 0 Å². The molecule has 0 bridgehead atoms. The Morgan fingerprint density at radius 1 is 1.07 bits per heavy atom. The van der Waals surface area contributed by atoms with E-state index in [4.69, 9.17) is 0 Å². The van der Waals surface area contributed by atoms with E-state index in [9.17, 15) is 13.2 Å². The second-order valence-electron chi connectivity index (χ2n) is 7.70. The van der Waals surface area contributed by atoms with Gasteiger partial charge in [-0.1, -0.05) is 29.8 Å². The van der Waals surface area contributed by atoms with Crippen molar-refractivity contribution in [3.63, 3.8) is 0 Å². The summed E-state index contributed by atoms with van der Waals surface area (Å²) in [6.45, 7) is 8.49. The zero-order valence-corrected chi connectivity index (χ0v) is 18.3. The van der Waals surface area contributed by atoms with Gasteiger partial charge in [0, 0.05) is 36.9 Å². The van der Waals surface area contributed by atoms with Crippen molar-refractivity contribution in [3.8, 4) is 0 Å². The minimum atomic E-state index is -3.08. The molecule has 0 aliphatic carbocycles. The highest BCUT2D eigenvalue weighted by Gasteiger charge is 2.35. The Bertz CT molecular complexity index is 950. The third-order valence-electron chi connectivity index (χ3n) is 5.59. The summed E-state index contributed by atoms with van der Waals surface area (Å²) < 4.78 is 24.1. The van der Waals surface area contributed by atoms with E-state index in [2.05, 4.69) is 30.9 Å². The molecule has 5 nitrogen and oxygen atoms in total. The van der Waals surface area contributed by atoms with Crippen LogP contribution in [0.3, 0.4) is 0 Å². The molecule has 0 radical (unpaired) electrons. The van der Waals surface area contributed by atoms with Crippen LogP contribution in [-0.2, 0) is 16.4 Å². The SMILES string of the molecule is CCN(CC)c1ccc(CN(C(=O)c2cccc(C)c2)[C@H]2CCS(=O)(=O)C2)cc1. The Hall–Kier alpha value is -2.34. The number of nitrogens with zero attached hydrogens (tertiary/aromatic N) is 2. The van der Waals surface area contributed by atoms with E-state index in [1.165, 1.54) is 0 Å². The lowest BCUT2D eigenvalue weighted by Gasteiger charge is -2.29. The van der Waals surface area contributed by atoms with Gasteiger partial charge in [0.1, 0.15) is 0 Å². The predicted molar refractivity (Wildman–Crippen MR) is 118 cm³/mol. The van der Waals surface area contributed by atoms with Gasteiger partial charge < -0.3 is 9.80 Å². The zero-order chi connectivity index (χ0) is 21.0. The summed E-state index contributed by atoms with van der Waals surface area (Å²) in [6.07, 6.45) is 0.497. The van der Waals surface area contributed by atoms with Crippen molar-refractivity contribution < 1.29 is 13.2 Å². The van der Waals surface area contributed by atoms with E-state index in [0.717, 1.165) is 29.9 Å². The van der Waals surface area contributed by atoms with Crippen LogP contribution >= 0.6 is 0 Å². The van der Waals surface area contributed by atoms with Gasteiger partial charge in [0.05, 0.1) is 11.5 Å². The average Bonchev–Trinajstić information content (AvgIpc) is 3.07. The molecule has 29 heavy (non-hydrogen) atoms. The number of amides is 1. The minimum Gasteiger partial charge on any atom is -0.372 e. The lowest BCUT2D eigenvalue weighted by Crippen LogP contribution is -2.40. The molecular formula is C23H30N2O3S. The van der Waals surface area contributed by atoms with Crippen molar-refractivity contribution in [2.75, 3.05) is 29.5 Å². The number of anilines is 1. The fraction of sp³-hybridized carbons (Fsp3) is 0.435. The molecule has 0 N–H and O–H groups in total. The van der Waals surface area contributed by atoms with Crippen LogP contribution in [0.25, 0.3) is 0 Å². The van der Waals surface area contributed by atoms with Crippen LogP contribution in [0.2, 0.25) is 0 Å². The smallest absolute Gasteiger partial charge is 0.254 e. The van der Waals surface area contributed by atoms with Crippen molar-refractivity contribution in [1.29, 1.82) is 0 Å². The van der Waals surface area contributed by atoms with Crippen molar-refractivity contribution in [1.82, 2.24) is 4.90 Å². The Labute approximate surface area is 174 Å². The molecule has 156 valence electrons. The van der Waals surface area contributed by atoms with Crippen LogP contribution in [0, 0.1) is 6.92 Å². The number of sulfone groups is 1. The second-order valence-corrected chi connectivity index (χ2v) is 9.93. The molecule has 1 heterocycles. The molecule has 0 spiro atoms. The number of hydrogen-bond acceptors (Lipinski definition) is 4. The molecule has 1 atom stereocenters. The molecule has 1 saturated heterocycles. The maximum Gasteiger partial charge on any atom is 0.254 e. The van der Waals surface area contributed by atoms with Crippen molar-refractivity contribution >= 4 is 21.4 Å². The highest BCUT2D eigenvalue weighted by Crippen LogP contribution is 2.24. The summed E-state index contributed by atoms with van der Waals surface area (Å²) in [5.74, 6) is 0.0849. The average molecular weight is 415 g/mol. The Morgan fingerprint density at radius 2 is 1.76 bits per heavy atom. The largest absolute Gasteiger partial charge is 0.372 e. The number of benzene rings is 2. The van der Waals surface area contributed by atoms with Gasteiger partial charge in [0.15, 0.2) is 9.84 Å². The monoisotopic (exact) mass is 414 g/mol. The second kappa shape index (κ2) is 8.99. The molecule has 1 fully saturated rings. The first-order chi connectivity index (χ1) is 13.8. The van der Waals surface area contributed by atoms with Crippen molar-refractivity contribution in [2.24, 2.45) is 0 Å². The first-order valence-electron chi connectivity index (χ1n) is 10.2. The number of rotatable bonds is 7. The lowest BCUT2D eigenvalue weighted by molar-refractivity contribution is 0.0681. The first kappa shape index (κ1) is 21.4. The van der Waals surface area contributed by atoms with E-state index in [1.807, 2.05) is 37.3 Å². The zero-order valence-electron chi connectivity index (χ0n) is 17.5. The van der Waals surface area contributed by atoms with Gasteiger partial charge in [-0.3, -0.25) is 4.79 Å². The summed E-state index contributed by atoms with van der Waals surface area (Å²) in [5.41, 5.74) is 3.78. The number of carbonyl (C=O) groups is 1. The van der Waals surface area contributed by atoms with Gasteiger partial charge in [0.25, 0.3) is 5.91 Å². The summed E-state index contributed by atoms with van der Waals surface area (Å²) in [5, 5.41) is 0. The Kier molecular flexibility index (Phi) is 6.63. The first-order valence-corrected chi connectivity index (χ1v) is 12.1. The van der Waals surface area contributed by atoms with Gasteiger partial charge in [-0.25, -0.2) is 8.42 Å². The topological polar surface area (TPSA) is 57.7 Å². The summed E-state index contributed by atoms with van der Waals surface area (Å²) in [4.78, 5) is 17.3. The van der Waals surface area contributed by atoms with E-state index in [0.29, 0.717) is 18.5 Å². The van der Waals surface area contributed by atoms with Crippen LogP contribution < -0.4 is 4.90 Å². The van der Waals surface area contributed by atoms with Crippen LogP contribution in [0.1, 0.15) is 41.8 Å². The molecule has 2 aromatic carbocycles. The highest BCUT2D eigenvalue weighted by molar-refractivity contribution is 7.91. The highest BCUT2D eigenvalue weighted by atomic mass is 32.2. The number of aryl methyl sites for hydroxylation is 1. The van der Waals surface area contributed by atoms with Crippen LogP contribution in [-0.4, -0.2) is 49.9 Å². The molecule has 6 heteroatoms. The Morgan fingerprint density at radius 3 is 2.31 bits per heavy atom.